The van der Waals surface area contributed by atoms with E-state index in [2.05, 4.69) is 22.3 Å². The molecule has 5 nitrogen and oxygen atoms in total. The van der Waals surface area contributed by atoms with Gasteiger partial charge < -0.3 is 10.2 Å². The van der Waals surface area contributed by atoms with Crippen molar-refractivity contribution in [3.63, 3.8) is 0 Å². The monoisotopic (exact) mass is 422 g/mol. The first-order chi connectivity index (χ1) is 15.1. The zero-order chi connectivity index (χ0) is 21.4. The first-order valence-corrected chi connectivity index (χ1v) is 12.3. The minimum Gasteiger partial charge on any atom is -0.375 e. The highest BCUT2D eigenvalue weighted by molar-refractivity contribution is 6.04. The smallest absolute Gasteiger partial charge is 0.225 e. The summed E-state index contributed by atoms with van der Waals surface area (Å²) in [5.41, 5.74) is 2.26. The maximum absolute atomic E-state index is 13.0. The molecule has 3 saturated carbocycles. The van der Waals surface area contributed by atoms with E-state index in [-0.39, 0.29) is 29.9 Å². The molecule has 4 fully saturated rings. The highest BCUT2D eigenvalue weighted by atomic mass is 16.2. The van der Waals surface area contributed by atoms with Crippen LogP contribution in [0, 0.1) is 17.8 Å². The lowest BCUT2D eigenvalue weighted by atomic mass is 9.88. The highest BCUT2D eigenvalue weighted by Gasteiger charge is 2.41. The summed E-state index contributed by atoms with van der Waals surface area (Å²) < 4.78 is 0. The topological polar surface area (TPSA) is 66.5 Å². The second-order valence-electron chi connectivity index (χ2n) is 10.3. The van der Waals surface area contributed by atoms with Crippen LogP contribution in [-0.4, -0.2) is 41.5 Å². The number of nitrogens with one attached hydrogen (secondary N) is 1. The number of hydrogen-bond acceptors (Lipinski definition) is 4. The number of Topliss-reactive ketones (excluding diaryl/α,β-unsaturated/α-hetero) is 2. The van der Waals surface area contributed by atoms with Gasteiger partial charge in [0.1, 0.15) is 5.78 Å². The average Bonchev–Trinajstić information content (AvgIpc) is 3.38. The zero-order valence-corrected chi connectivity index (χ0v) is 18.4. The molecule has 1 amide bonds. The SMILES string of the molecule is O=C1CCC(Nc2ccc(C3CCN(C(=O)C4C[C@H]5CCC[C@H]5C4)CC3)cc2)C(=O)C1. The van der Waals surface area contributed by atoms with Crippen molar-refractivity contribution in [2.24, 2.45) is 17.8 Å². The van der Waals surface area contributed by atoms with Gasteiger partial charge in [0.25, 0.3) is 0 Å². The Labute approximate surface area is 185 Å². The Hall–Kier alpha value is -2.17. The van der Waals surface area contributed by atoms with E-state index < -0.39 is 0 Å². The van der Waals surface area contributed by atoms with Crippen LogP contribution in [0.3, 0.4) is 0 Å². The van der Waals surface area contributed by atoms with Crippen LogP contribution in [0.4, 0.5) is 5.69 Å². The number of carbonyl (C=O) groups is 3. The number of nitrogens with zero attached hydrogens (tertiary/aromatic N) is 1. The largest absolute Gasteiger partial charge is 0.375 e. The third-order valence-corrected chi connectivity index (χ3v) is 8.34. The fraction of sp³-hybridized carbons (Fsp3) is 0.654. The predicted molar refractivity (Wildman–Crippen MR) is 120 cm³/mol. The molecule has 1 aromatic rings. The number of rotatable bonds is 4. The van der Waals surface area contributed by atoms with Crippen molar-refractivity contribution in [1.82, 2.24) is 4.90 Å². The van der Waals surface area contributed by atoms with Crippen LogP contribution in [0.2, 0.25) is 0 Å². The van der Waals surface area contributed by atoms with Gasteiger partial charge in [-0.15, -0.1) is 0 Å². The third-order valence-electron chi connectivity index (χ3n) is 8.34. The van der Waals surface area contributed by atoms with Crippen molar-refractivity contribution in [1.29, 1.82) is 0 Å². The van der Waals surface area contributed by atoms with E-state index in [1.807, 2.05) is 12.1 Å². The maximum Gasteiger partial charge on any atom is 0.225 e. The van der Waals surface area contributed by atoms with Gasteiger partial charge in [-0.2, -0.15) is 0 Å². The van der Waals surface area contributed by atoms with Crippen LogP contribution < -0.4 is 5.32 Å². The van der Waals surface area contributed by atoms with Gasteiger partial charge in [0, 0.05) is 31.1 Å². The second-order valence-corrected chi connectivity index (χ2v) is 10.3. The number of likely N-dealkylation sites (tertiary alicyclic amines) is 1. The Bertz CT molecular complexity index is 829. The fourth-order valence-electron chi connectivity index (χ4n) is 6.53. The first-order valence-electron chi connectivity index (χ1n) is 12.3. The Kier molecular flexibility index (Phi) is 5.85. The molecule has 31 heavy (non-hydrogen) atoms. The van der Waals surface area contributed by atoms with E-state index in [4.69, 9.17) is 0 Å². The lowest BCUT2D eigenvalue weighted by Crippen LogP contribution is -2.41. The molecule has 4 aliphatic rings. The molecular weight excluding hydrogens is 388 g/mol. The summed E-state index contributed by atoms with van der Waals surface area (Å²) in [6.45, 7) is 1.75. The van der Waals surface area contributed by atoms with Crippen LogP contribution in [0.15, 0.2) is 24.3 Å². The van der Waals surface area contributed by atoms with Gasteiger partial charge in [0.15, 0.2) is 5.78 Å². The lowest BCUT2D eigenvalue weighted by molar-refractivity contribution is -0.136. The van der Waals surface area contributed by atoms with Crippen molar-refractivity contribution in [3.8, 4) is 0 Å². The van der Waals surface area contributed by atoms with Crippen LogP contribution in [0.25, 0.3) is 0 Å². The van der Waals surface area contributed by atoms with Crippen molar-refractivity contribution < 1.29 is 14.4 Å². The molecule has 1 aliphatic heterocycles. The van der Waals surface area contributed by atoms with Gasteiger partial charge in [-0.3, -0.25) is 14.4 Å². The number of ketones is 2. The molecule has 0 aromatic heterocycles. The molecule has 166 valence electrons. The Morgan fingerprint density at radius 3 is 2.23 bits per heavy atom. The maximum atomic E-state index is 13.0. The summed E-state index contributed by atoms with van der Waals surface area (Å²) in [5.74, 6) is 2.90. The van der Waals surface area contributed by atoms with Crippen LogP contribution in [0.1, 0.15) is 75.7 Å². The van der Waals surface area contributed by atoms with E-state index >= 15 is 0 Å². The highest BCUT2D eigenvalue weighted by Crippen LogP contribution is 2.47. The fourth-order valence-corrected chi connectivity index (χ4v) is 6.53. The molecule has 1 N–H and O–H groups in total. The quantitative estimate of drug-likeness (QED) is 0.734. The predicted octanol–water partition coefficient (Wildman–Crippen LogP) is 4.32. The van der Waals surface area contributed by atoms with Gasteiger partial charge >= 0.3 is 0 Å². The molecule has 0 spiro atoms. The minimum atomic E-state index is -0.243. The number of anilines is 1. The number of piperidine rings is 1. The van der Waals surface area contributed by atoms with Crippen molar-refractivity contribution in [2.45, 2.75) is 76.2 Å². The molecule has 3 aliphatic carbocycles. The van der Waals surface area contributed by atoms with Crippen LogP contribution in [0.5, 0.6) is 0 Å². The lowest BCUT2D eigenvalue weighted by Gasteiger charge is -2.34. The van der Waals surface area contributed by atoms with Crippen molar-refractivity contribution >= 4 is 23.2 Å². The molecule has 5 heteroatoms. The number of amides is 1. The van der Waals surface area contributed by atoms with E-state index in [0.29, 0.717) is 24.7 Å². The van der Waals surface area contributed by atoms with Gasteiger partial charge in [0.05, 0.1) is 12.5 Å². The zero-order valence-electron chi connectivity index (χ0n) is 18.4. The molecule has 4 atom stereocenters. The standard InChI is InChI=1S/C26H34N2O3/c29-23-8-9-24(25(30)16-23)27-22-6-4-17(5-7-22)18-10-12-28(13-11-18)26(31)21-14-19-2-1-3-20(19)15-21/h4-7,18-21,24,27H,1-3,8-16H2/t19-,20+,21?,24?. The van der Waals surface area contributed by atoms with Gasteiger partial charge in [-0.1, -0.05) is 31.4 Å². The summed E-state index contributed by atoms with van der Waals surface area (Å²) in [6, 6.07) is 8.16. The summed E-state index contributed by atoms with van der Waals surface area (Å²) >= 11 is 0. The summed E-state index contributed by atoms with van der Waals surface area (Å²) in [4.78, 5) is 38.6. The Morgan fingerprint density at radius 1 is 0.903 bits per heavy atom. The van der Waals surface area contributed by atoms with Crippen LogP contribution in [-0.2, 0) is 14.4 Å². The summed E-state index contributed by atoms with van der Waals surface area (Å²) in [6.07, 6.45) is 9.52. The Morgan fingerprint density at radius 2 is 1.58 bits per heavy atom. The molecule has 2 unspecified atom stereocenters. The second kappa shape index (κ2) is 8.76. The number of carbonyl (C=O) groups excluding carboxylic acids is 3. The summed E-state index contributed by atoms with van der Waals surface area (Å²) in [7, 11) is 0. The normalized spacial score (nSPS) is 31.7. The molecule has 0 bridgehead atoms. The molecule has 1 heterocycles. The molecule has 5 rings (SSSR count). The third kappa shape index (κ3) is 4.42. The van der Waals surface area contributed by atoms with Crippen LogP contribution >= 0.6 is 0 Å². The van der Waals surface area contributed by atoms with E-state index in [1.54, 1.807) is 0 Å². The molecule has 0 radical (unpaired) electrons. The van der Waals surface area contributed by atoms with Crippen molar-refractivity contribution in [2.75, 3.05) is 18.4 Å². The molecule has 1 aromatic carbocycles. The Balaban J connectivity index is 1.12. The number of fused-ring (bicyclic) bond motifs is 1. The average molecular weight is 423 g/mol. The van der Waals surface area contributed by atoms with Gasteiger partial charge in [-0.05, 0) is 67.6 Å². The number of benzene rings is 1. The first kappa shape index (κ1) is 20.7. The molecule has 1 saturated heterocycles. The minimum absolute atomic E-state index is 0.00302. The van der Waals surface area contributed by atoms with Crippen molar-refractivity contribution in [3.05, 3.63) is 29.8 Å². The molecular formula is C26H34N2O3. The van der Waals surface area contributed by atoms with Gasteiger partial charge in [-0.25, -0.2) is 0 Å². The number of hydrogen-bond donors (Lipinski definition) is 1. The van der Waals surface area contributed by atoms with Gasteiger partial charge in [0.2, 0.25) is 5.91 Å². The van der Waals surface area contributed by atoms with E-state index in [1.165, 1.54) is 24.8 Å². The van der Waals surface area contributed by atoms with E-state index in [0.717, 1.165) is 56.3 Å². The summed E-state index contributed by atoms with van der Waals surface area (Å²) in [5, 5.41) is 3.30. The van der Waals surface area contributed by atoms with E-state index in [9.17, 15) is 14.4 Å².